The second-order valence-corrected chi connectivity index (χ2v) is 6.59. The average Bonchev–Trinajstić information content (AvgIpc) is 2.48. The predicted octanol–water partition coefficient (Wildman–Crippen LogP) is 2.63. The predicted molar refractivity (Wildman–Crippen MR) is 70.1 cm³/mol. The Balaban J connectivity index is 2.24. The molecular weight excluding hydrogens is 228 g/mol. The minimum atomic E-state index is -0.190. The van der Waals surface area contributed by atoms with Crippen LogP contribution in [0.15, 0.2) is 0 Å². The Bertz CT molecular complexity index is 335. The topological polar surface area (TPSA) is 40.6 Å². The van der Waals surface area contributed by atoms with Gasteiger partial charge in [0.1, 0.15) is 6.04 Å². The largest absolute Gasteiger partial charge is 0.327 e. The van der Waals surface area contributed by atoms with Crippen molar-refractivity contribution in [1.82, 2.24) is 9.80 Å². The third kappa shape index (κ3) is 2.13. The van der Waals surface area contributed by atoms with E-state index in [1.807, 2.05) is 6.92 Å². The molecule has 102 valence electrons. The first-order chi connectivity index (χ1) is 8.34. The molecule has 2 atom stereocenters. The Kier molecular flexibility index (Phi) is 3.39. The fourth-order valence-corrected chi connectivity index (χ4v) is 2.73. The summed E-state index contributed by atoms with van der Waals surface area (Å²) in [6.07, 6.45) is 4.03. The fraction of sp³-hybridized carbons (Fsp3) is 0.857. The lowest BCUT2D eigenvalue weighted by atomic mass is 9.87. The number of fused-ring (bicyclic) bond motifs is 1. The van der Waals surface area contributed by atoms with E-state index in [-0.39, 0.29) is 29.4 Å². The first kappa shape index (κ1) is 13.4. The lowest BCUT2D eigenvalue weighted by molar-refractivity contribution is -0.131. The molecule has 2 heterocycles. The monoisotopic (exact) mass is 252 g/mol. The second kappa shape index (κ2) is 4.56. The zero-order valence-corrected chi connectivity index (χ0v) is 11.9. The van der Waals surface area contributed by atoms with Crippen LogP contribution >= 0.6 is 0 Å². The highest BCUT2D eigenvalue weighted by Crippen LogP contribution is 2.32. The summed E-state index contributed by atoms with van der Waals surface area (Å²) in [5, 5.41) is 0. The van der Waals surface area contributed by atoms with Gasteiger partial charge in [-0.05, 0) is 25.2 Å². The van der Waals surface area contributed by atoms with Gasteiger partial charge in [-0.1, -0.05) is 33.6 Å². The summed E-state index contributed by atoms with van der Waals surface area (Å²) in [5.41, 5.74) is -0.0734. The van der Waals surface area contributed by atoms with Crippen LogP contribution in [-0.4, -0.2) is 40.4 Å². The van der Waals surface area contributed by atoms with Crippen LogP contribution in [0.3, 0.4) is 0 Å². The molecule has 2 fully saturated rings. The third-order valence-electron chi connectivity index (χ3n) is 4.37. The average molecular weight is 252 g/mol. The van der Waals surface area contributed by atoms with Crippen LogP contribution in [0, 0.1) is 5.41 Å². The molecule has 4 nitrogen and oxygen atoms in total. The number of nitrogens with zero attached hydrogens (tertiary/aromatic N) is 2. The van der Waals surface area contributed by atoms with Crippen molar-refractivity contribution in [1.29, 1.82) is 0 Å². The van der Waals surface area contributed by atoms with Crippen molar-refractivity contribution < 1.29 is 9.59 Å². The van der Waals surface area contributed by atoms with E-state index in [4.69, 9.17) is 0 Å². The Labute approximate surface area is 109 Å². The van der Waals surface area contributed by atoms with Crippen molar-refractivity contribution in [2.24, 2.45) is 5.41 Å². The molecule has 0 bridgehead atoms. The number of carbonyl (C=O) groups excluding carboxylic acids is 2. The molecule has 0 aromatic rings. The van der Waals surface area contributed by atoms with Crippen molar-refractivity contribution in [3.8, 4) is 0 Å². The highest BCUT2D eigenvalue weighted by molar-refractivity contribution is 6.04. The number of imide groups is 1. The normalized spacial score (nSPS) is 27.2. The molecule has 0 radical (unpaired) electrons. The van der Waals surface area contributed by atoms with E-state index in [0.717, 1.165) is 32.2 Å². The van der Waals surface area contributed by atoms with Crippen LogP contribution in [0.2, 0.25) is 0 Å². The second-order valence-electron chi connectivity index (χ2n) is 6.59. The van der Waals surface area contributed by atoms with Crippen molar-refractivity contribution in [2.75, 3.05) is 6.54 Å². The molecule has 4 heteroatoms. The molecule has 2 saturated heterocycles. The van der Waals surface area contributed by atoms with E-state index < -0.39 is 0 Å². The molecule has 0 aliphatic carbocycles. The summed E-state index contributed by atoms with van der Waals surface area (Å²) in [6, 6.07) is -0.316. The Hall–Kier alpha value is -1.06. The Morgan fingerprint density at radius 3 is 2.44 bits per heavy atom. The maximum absolute atomic E-state index is 12.5. The van der Waals surface area contributed by atoms with Crippen LogP contribution in [0.25, 0.3) is 0 Å². The lowest BCUT2D eigenvalue weighted by Gasteiger charge is -2.33. The maximum atomic E-state index is 12.5. The van der Waals surface area contributed by atoms with E-state index in [9.17, 15) is 9.59 Å². The van der Waals surface area contributed by atoms with Gasteiger partial charge in [0, 0.05) is 12.6 Å². The van der Waals surface area contributed by atoms with Gasteiger partial charge in [-0.3, -0.25) is 9.69 Å². The Morgan fingerprint density at radius 1 is 1.17 bits per heavy atom. The van der Waals surface area contributed by atoms with Crippen LogP contribution in [-0.2, 0) is 4.79 Å². The summed E-state index contributed by atoms with van der Waals surface area (Å²) in [4.78, 5) is 28.2. The van der Waals surface area contributed by atoms with Gasteiger partial charge in [0.15, 0.2) is 0 Å². The van der Waals surface area contributed by atoms with E-state index in [1.54, 1.807) is 4.90 Å². The minimum absolute atomic E-state index is 0.0179. The molecule has 0 spiro atoms. The van der Waals surface area contributed by atoms with Gasteiger partial charge >= 0.3 is 6.03 Å². The first-order valence-electron chi connectivity index (χ1n) is 6.97. The van der Waals surface area contributed by atoms with E-state index in [0.29, 0.717) is 0 Å². The summed E-state index contributed by atoms with van der Waals surface area (Å²) in [7, 11) is 0. The molecule has 0 unspecified atom stereocenters. The number of rotatable bonds is 1. The molecule has 0 aromatic heterocycles. The molecule has 0 N–H and O–H groups in total. The standard InChI is InChI=1S/C14H24N2O2/c1-10(14(2,3)4)16-12(17)11-8-6-5-7-9-15(11)13(16)18/h10-11H,5-9H2,1-4H3/t10-,11+/m0/s1. The highest BCUT2D eigenvalue weighted by atomic mass is 16.2. The molecule has 0 aromatic carbocycles. The van der Waals surface area contributed by atoms with Gasteiger partial charge in [-0.25, -0.2) is 4.79 Å². The number of urea groups is 1. The third-order valence-corrected chi connectivity index (χ3v) is 4.37. The van der Waals surface area contributed by atoms with Crippen LogP contribution in [0.4, 0.5) is 4.79 Å². The van der Waals surface area contributed by atoms with Crippen molar-refractivity contribution >= 4 is 11.9 Å². The molecule has 18 heavy (non-hydrogen) atoms. The van der Waals surface area contributed by atoms with Gasteiger partial charge in [0.2, 0.25) is 0 Å². The van der Waals surface area contributed by atoms with Crippen LogP contribution in [0.5, 0.6) is 0 Å². The molecule has 3 amide bonds. The minimum Gasteiger partial charge on any atom is -0.312 e. The van der Waals surface area contributed by atoms with E-state index in [1.165, 1.54) is 4.90 Å². The highest BCUT2D eigenvalue weighted by Gasteiger charge is 2.48. The van der Waals surface area contributed by atoms with Gasteiger partial charge < -0.3 is 4.90 Å². The summed E-state index contributed by atoms with van der Waals surface area (Å²) in [6.45, 7) is 8.93. The van der Waals surface area contributed by atoms with Crippen molar-refractivity contribution in [2.45, 2.75) is 65.5 Å². The Morgan fingerprint density at radius 2 is 1.83 bits per heavy atom. The molecule has 2 aliphatic heterocycles. The molecule has 2 rings (SSSR count). The van der Waals surface area contributed by atoms with Gasteiger partial charge in [-0.2, -0.15) is 0 Å². The zero-order chi connectivity index (χ0) is 13.5. The van der Waals surface area contributed by atoms with E-state index in [2.05, 4.69) is 20.8 Å². The lowest BCUT2D eigenvalue weighted by Crippen LogP contribution is -2.46. The van der Waals surface area contributed by atoms with Crippen LogP contribution < -0.4 is 0 Å². The fourth-order valence-electron chi connectivity index (χ4n) is 2.73. The maximum Gasteiger partial charge on any atom is 0.327 e. The molecule has 0 saturated carbocycles. The number of hydrogen-bond donors (Lipinski definition) is 0. The number of amides is 3. The summed E-state index contributed by atoms with van der Waals surface area (Å²) in [5.74, 6) is 0.0179. The SMILES string of the molecule is C[C@H](N1C(=O)[C@H]2CCCCCN2C1=O)C(C)(C)C. The van der Waals surface area contributed by atoms with E-state index >= 15 is 0 Å². The smallest absolute Gasteiger partial charge is 0.312 e. The van der Waals surface area contributed by atoms with Crippen molar-refractivity contribution in [3.63, 3.8) is 0 Å². The van der Waals surface area contributed by atoms with Gasteiger partial charge in [0.25, 0.3) is 5.91 Å². The quantitative estimate of drug-likeness (QED) is 0.673. The first-order valence-corrected chi connectivity index (χ1v) is 6.97. The van der Waals surface area contributed by atoms with Crippen LogP contribution in [0.1, 0.15) is 53.4 Å². The molecule has 2 aliphatic rings. The molecular formula is C14H24N2O2. The number of carbonyl (C=O) groups is 2. The zero-order valence-electron chi connectivity index (χ0n) is 11.9. The number of hydrogen-bond acceptors (Lipinski definition) is 2. The summed E-state index contributed by atoms with van der Waals surface area (Å²) < 4.78 is 0. The van der Waals surface area contributed by atoms with Gasteiger partial charge in [-0.15, -0.1) is 0 Å². The van der Waals surface area contributed by atoms with Crippen molar-refractivity contribution in [3.05, 3.63) is 0 Å². The summed E-state index contributed by atoms with van der Waals surface area (Å²) >= 11 is 0. The van der Waals surface area contributed by atoms with Gasteiger partial charge in [0.05, 0.1) is 0 Å².